The lowest BCUT2D eigenvalue weighted by Crippen LogP contribution is -2.23. The summed E-state index contributed by atoms with van der Waals surface area (Å²) in [6.07, 6.45) is -2.19. The Morgan fingerprint density at radius 1 is 1.33 bits per heavy atom. The van der Waals surface area contributed by atoms with Gasteiger partial charge in [0.1, 0.15) is 12.0 Å². The molecule has 0 spiro atoms. The molecule has 15 heavy (non-hydrogen) atoms. The smallest absolute Gasteiger partial charge is 0.306 e. The summed E-state index contributed by atoms with van der Waals surface area (Å²) < 4.78 is 37.8. The van der Waals surface area contributed by atoms with Gasteiger partial charge in [0, 0.05) is 6.20 Å². The number of Topliss-reactive ketones (excluding diaryl/α,β-unsaturated/α-hetero) is 1. The first-order valence-electron chi connectivity index (χ1n) is 4.03. The van der Waals surface area contributed by atoms with Gasteiger partial charge in [-0.1, -0.05) is 6.07 Å². The van der Waals surface area contributed by atoms with Crippen molar-refractivity contribution in [2.75, 3.05) is 0 Å². The summed E-state index contributed by atoms with van der Waals surface area (Å²) in [6.45, 7) is 0. The number of carbonyl (C=O) groups excluding carboxylic acids is 1. The zero-order valence-electron chi connectivity index (χ0n) is 7.32. The van der Waals surface area contributed by atoms with Crippen molar-refractivity contribution in [3.63, 3.8) is 0 Å². The van der Waals surface area contributed by atoms with Gasteiger partial charge in [0.15, 0.2) is 0 Å². The summed E-state index contributed by atoms with van der Waals surface area (Å²) in [5.74, 6) is -1.92. The van der Waals surface area contributed by atoms with Crippen LogP contribution in [-0.2, 0) is 0 Å². The van der Waals surface area contributed by atoms with Crippen LogP contribution in [0.1, 0.15) is 10.5 Å². The molecule has 0 aliphatic heterocycles. The van der Waals surface area contributed by atoms with Gasteiger partial charge in [-0.25, -0.2) is 4.98 Å². The van der Waals surface area contributed by atoms with Crippen molar-refractivity contribution < 1.29 is 18.0 Å². The number of aromatic nitrogens is 2. The molecule has 0 aromatic carbocycles. The van der Waals surface area contributed by atoms with Crippen LogP contribution in [0.2, 0.25) is 0 Å². The lowest BCUT2D eigenvalue weighted by molar-refractivity contribution is -0.0886. The van der Waals surface area contributed by atoms with Crippen LogP contribution in [-0.4, -0.2) is 21.3 Å². The van der Waals surface area contributed by atoms with Gasteiger partial charge in [0.2, 0.25) is 0 Å². The second kappa shape index (κ2) is 3.08. The number of imidazole rings is 1. The molecule has 0 saturated heterocycles. The van der Waals surface area contributed by atoms with E-state index in [2.05, 4.69) is 4.98 Å². The van der Waals surface area contributed by atoms with Crippen LogP contribution in [0.5, 0.6) is 0 Å². The Morgan fingerprint density at radius 3 is 2.73 bits per heavy atom. The van der Waals surface area contributed by atoms with Gasteiger partial charge in [-0.15, -0.1) is 0 Å². The fourth-order valence-corrected chi connectivity index (χ4v) is 1.25. The standard InChI is InChI=1S/C9H5F3N2O/c10-9(11,12)8(15)7-6-3-1-2-4-14(6)5-13-7/h1-5H. The average molecular weight is 214 g/mol. The van der Waals surface area contributed by atoms with Crippen molar-refractivity contribution in [1.29, 1.82) is 0 Å². The Kier molecular flexibility index (Phi) is 1.99. The third kappa shape index (κ3) is 1.58. The second-order valence-corrected chi connectivity index (χ2v) is 2.91. The molecular formula is C9H5F3N2O. The van der Waals surface area contributed by atoms with Gasteiger partial charge in [0.25, 0.3) is 5.78 Å². The molecule has 2 aromatic rings. The highest BCUT2D eigenvalue weighted by atomic mass is 19.4. The van der Waals surface area contributed by atoms with Crippen LogP contribution >= 0.6 is 0 Å². The van der Waals surface area contributed by atoms with Gasteiger partial charge < -0.3 is 4.40 Å². The Hall–Kier alpha value is -1.85. The normalized spacial score (nSPS) is 11.9. The number of fused-ring (bicyclic) bond motifs is 1. The van der Waals surface area contributed by atoms with Crippen molar-refractivity contribution in [3.8, 4) is 0 Å². The maximum absolute atomic E-state index is 12.1. The molecule has 0 saturated carbocycles. The maximum Gasteiger partial charge on any atom is 0.456 e. The van der Waals surface area contributed by atoms with Crippen molar-refractivity contribution in [2.24, 2.45) is 0 Å². The molecule has 0 aliphatic rings. The first-order chi connectivity index (χ1) is 7.00. The van der Waals surface area contributed by atoms with Crippen molar-refractivity contribution in [2.45, 2.75) is 6.18 Å². The minimum Gasteiger partial charge on any atom is -0.306 e. The van der Waals surface area contributed by atoms with Crippen molar-refractivity contribution >= 4 is 11.3 Å². The van der Waals surface area contributed by atoms with E-state index in [0.29, 0.717) is 0 Å². The molecule has 0 atom stereocenters. The molecule has 0 fully saturated rings. The molecule has 2 aromatic heterocycles. The number of nitrogens with zero attached hydrogens (tertiary/aromatic N) is 2. The highest BCUT2D eigenvalue weighted by molar-refractivity contribution is 6.04. The van der Waals surface area contributed by atoms with Crippen molar-refractivity contribution in [3.05, 3.63) is 36.4 Å². The molecule has 3 nitrogen and oxygen atoms in total. The summed E-state index contributed by atoms with van der Waals surface area (Å²) in [6, 6.07) is 4.59. The Bertz CT molecular complexity index is 515. The number of hydrogen-bond acceptors (Lipinski definition) is 2. The van der Waals surface area contributed by atoms with Crippen LogP contribution in [0.4, 0.5) is 13.2 Å². The number of alkyl halides is 3. The number of pyridine rings is 1. The molecule has 2 rings (SSSR count). The van der Waals surface area contributed by atoms with Gasteiger partial charge in [0.05, 0.1) is 5.52 Å². The van der Waals surface area contributed by atoms with E-state index in [4.69, 9.17) is 0 Å². The molecule has 0 radical (unpaired) electrons. The van der Waals surface area contributed by atoms with Crippen LogP contribution in [0, 0.1) is 0 Å². The molecule has 0 unspecified atom stereocenters. The van der Waals surface area contributed by atoms with E-state index in [1.54, 1.807) is 12.1 Å². The number of hydrogen-bond donors (Lipinski definition) is 0. The van der Waals surface area contributed by atoms with Gasteiger partial charge in [-0.3, -0.25) is 4.79 Å². The Balaban J connectivity index is 2.58. The number of rotatable bonds is 1. The average Bonchev–Trinajstić information content (AvgIpc) is 2.58. The Labute approximate surface area is 82.2 Å². The third-order valence-electron chi connectivity index (χ3n) is 1.92. The lowest BCUT2D eigenvalue weighted by Gasteiger charge is -2.02. The monoisotopic (exact) mass is 214 g/mol. The SMILES string of the molecule is O=C(c1ncn2ccccc12)C(F)(F)F. The fraction of sp³-hybridized carbons (Fsp3) is 0.111. The summed E-state index contributed by atoms with van der Waals surface area (Å²) >= 11 is 0. The molecule has 0 N–H and O–H groups in total. The van der Waals surface area contributed by atoms with Crippen molar-refractivity contribution in [1.82, 2.24) is 9.38 Å². The largest absolute Gasteiger partial charge is 0.456 e. The topological polar surface area (TPSA) is 34.4 Å². The zero-order valence-corrected chi connectivity index (χ0v) is 7.32. The van der Waals surface area contributed by atoms with E-state index >= 15 is 0 Å². The van der Waals surface area contributed by atoms with E-state index in [1.165, 1.54) is 23.0 Å². The summed E-state index contributed by atoms with van der Waals surface area (Å²) in [5.41, 5.74) is -0.414. The molecule has 0 bridgehead atoms. The quantitative estimate of drug-likeness (QED) is 0.681. The van der Waals surface area contributed by atoms with E-state index < -0.39 is 17.7 Å². The maximum atomic E-state index is 12.1. The van der Waals surface area contributed by atoms with Crippen LogP contribution in [0.3, 0.4) is 0 Å². The minimum absolute atomic E-state index is 0.153. The lowest BCUT2D eigenvalue weighted by atomic mass is 10.2. The Morgan fingerprint density at radius 2 is 2.07 bits per heavy atom. The number of ketones is 1. The molecule has 0 amide bonds. The van der Waals surface area contributed by atoms with Gasteiger partial charge >= 0.3 is 6.18 Å². The van der Waals surface area contributed by atoms with Crippen LogP contribution in [0.25, 0.3) is 5.52 Å². The first kappa shape index (κ1) is 9.70. The summed E-state index contributed by atoms with van der Waals surface area (Å²) in [4.78, 5) is 14.4. The second-order valence-electron chi connectivity index (χ2n) is 2.91. The molecule has 2 heterocycles. The zero-order chi connectivity index (χ0) is 11.1. The fourth-order valence-electron chi connectivity index (χ4n) is 1.25. The third-order valence-corrected chi connectivity index (χ3v) is 1.92. The summed E-state index contributed by atoms with van der Waals surface area (Å²) in [5, 5.41) is 0. The van der Waals surface area contributed by atoms with Gasteiger partial charge in [-0.05, 0) is 12.1 Å². The minimum atomic E-state index is -4.88. The predicted octanol–water partition coefficient (Wildman–Crippen LogP) is 2.08. The van der Waals surface area contributed by atoms with E-state index in [9.17, 15) is 18.0 Å². The molecule has 0 aliphatic carbocycles. The van der Waals surface area contributed by atoms with Crippen LogP contribution in [0.15, 0.2) is 30.7 Å². The van der Waals surface area contributed by atoms with E-state index in [0.717, 1.165) is 0 Å². The van der Waals surface area contributed by atoms with Crippen LogP contribution < -0.4 is 0 Å². The molecular weight excluding hydrogens is 209 g/mol. The highest BCUT2D eigenvalue weighted by Crippen LogP contribution is 2.22. The predicted molar refractivity (Wildman–Crippen MR) is 45.6 cm³/mol. The highest BCUT2D eigenvalue weighted by Gasteiger charge is 2.41. The van der Waals surface area contributed by atoms with Gasteiger partial charge in [-0.2, -0.15) is 13.2 Å². The van der Waals surface area contributed by atoms with E-state index in [-0.39, 0.29) is 5.52 Å². The number of halogens is 3. The molecule has 6 heteroatoms. The number of carbonyl (C=O) groups is 1. The molecule has 78 valence electrons. The summed E-state index contributed by atoms with van der Waals surface area (Å²) in [7, 11) is 0. The van der Waals surface area contributed by atoms with E-state index in [1.807, 2.05) is 0 Å². The first-order valence-corrected chi connectivity index (χ1v) is 4.03.